The number of esters is 3. The van der Waals surface area contributed by atoms with Crippen LogP contribution in [0.2, 0.25) is 0 Å². The quantitative estimate of drug-likeness (QED) is 0.368. The van der Waals surface area contributed by atoms with Gasteiger partial charge in [-0.15, -0.1) is 0 Å². The normalized spacial score (nSPS) is 10.1. The van der Waals surface area contributed by atoms with Crippen LogP contribution in [0.5, 0.6) is 23.0 Å². The Morgan fingerprint density at radius 2 is 1.37 bits per heavy atom. The molecular formula is C22H22O8. The fraction of sp³-hybridized carbons (Fsp3) is 0.273. The number of hydrogen-bond donors (Lipinski definition) is 0. The van der Waals surface area contributed by atoms with E-state index in [9.17, 15) is 19.2 Å². The molecule has 0 saturated carbocycles. The zero-order valence-corrected chi connectivity index (χ0v) is 17.1. The molecule has 0 unspecified atom stereocenters. The molecular weight excluding hydrogens is 392 g/mol. The van der Waals surface area contributed by atoms with Crippen LogP contribution in [0.3, 0.4) is 0 Å². The van der Waals surface area contributed by atoms with Crippen LogP contribution in [0, 0.1) is 0 Å². The number of carbonyl (C=O) groups excluding carboxylic acids is 4. The van der Waals surface area contributed by atoms with E-state index in [0.29, 0.717) is 17.9 Å². The molecule has 2 aromatic carbocycles. The molecule has 158 valence electrons. The predicted molar refractivity (Wildman–Crippen MR) is 106 cm³/mol. The molecule has 0 bridgehead atoms. The van der Waals surface area contributed by atoms with E-state index in [1.165, 1.54) is 46.1 Å². The molecule has 2 rings (SSSR count). The summed E-state index contributed by atoms with van der Waals surface area (Å²) in [6, 6.07) is 9.24. The summed E-state index contributed by atoms with van der Waals surface area (Å²) in [6.45, 7) is 3.74. The monoisotopic (exact) mass is 414 g/mol. The highest BCUT2D eigenvalue weighted by atomic mass is 16.6. The summed E-state index contributed by atoms with van der Waals surface area (Å²) >= 11 is 0. The van der Waals surface area contributed by atoms with Gasteiger partial charge in [0.15, 0.2) is 17.3 Å². The minimum atomic E-state index is -0.602. The molecule has 0 aromatic heterocycles. The molecule has 0 aliphatic carbocycles. The molecule has 0 amide bonds. The lowest BCUT2D eigenvalue weighted by molar-refractivity contribution is -0.133. The van der Waals surface area contributed by atoms with E-state index in [-0.39, 0.29) is 29.3 Å². The fourth-order valence-corrected chi connectivity index (χ4v) is 2.70. The molecule has 2 aromatic rings. The first kappa shape index (κ1) is 22.6. The summed E-state index contributed by atoms with van der Waals surface area (Å²) in [5.74, 6) is -1.01. The highest BCUT2D eigenvalue weighted by molar-refractivity contribution is 5.99. The minimum absolute atomic E-state index is 0.0223. The van der Waals surface area contributed by atoms with Crippen molar-refractivity contribution in [3.63, 3.8) is 0 Å². The predicted octanol–water partition coefficient (Wildman–Crippen LogP) is 3.29. The average Bonchev–Trinajstić information content (AvgIpc) is 2.65. The van der Waals surface area contributed by atoms with Crippen LogP contribution in [0.15, 0.2) is 36.4 Å². The summed E-state index contributed by atoms with van der Waals surface area (Å²) in [4.78, 5) is 46.4. The maximum absolute atomic E-state index is 12.7. The van der Waals surface area contributed by atoms with Crippen molar-refractivity contribution in [1.82, 2.24) is 0 Å². The molecule has 8 nitrogen and oxygen atoms in total. The van der Waals surface area contributed by atoms with Crippen LogP contribution in [0.25, 0.3) is 0 Å². The Morgan fingerprint density at radius 3 is 1.97 bits per heavy atom. The number of carbonyl (C=O) groups is 4. The smallest absolute Gasteiger partial charge is 0.308 e. The molecule has 0 aliphatic heterocycles. The van der Waals surface area contributed by atoms with Crippen molar-refractivity contribution >= 4 is 23.7 Å². The second kappa shape index (κ2) is 10.2. The molecule has 0 fully saturated rings. The SMILES string of the molecule is COc1cc(CCC(=O)c2ccc(OC(C)=O)cc2OC(C)=O)ccc1OC(C)=O. The Balaban J connectivity index is 2.18. The van der Waals surface area contributed by atoms with Crippen molar-refractivity contribution in [3.05, 3.63) is 47.5 Å². The summed E-state index contributed by atoms with van der Waals surface area (Å²) in [6.07, 6.45) is 0.498. The topological polar surface area (TPSA) is 105 Å². The van der Waals surface area contributed by atoms with Crippen molar-refractivity contribution in [2.24, 2.45) is 0 Å². The first-order valence-corrected chi connectivity index (χ1v) is 9.09. The zero-order valence-electron chi connectivity index (χ0n) is 17.1. The van der Waals surface area contributed by atoms with Gasteiger partial charge < -0.3 is 18.9 Å². The van der Waals surface area contributed by atoms with Crippen molar-refractivity contribution in [3.8, 4) is 23.0 Å². The largest absolute Gasteiger partial charge is 0.493 e. The van der Waals surface area contributed by atoms with E-state index in [1.54, 1.807) is 18.2 Å². The van der Waals surface area contributed by atoms with Gasteiger partial charge in [0.1, 0.15) is 11.5 Å². The molecule has 0 N–H and O–H groups in total. The minimum Gasteiger partial charge on any atom is -0.493 e. The number of Topliss-reactive ketones (excluding diaryl/α,β-unsaturated/α-hetero) is 1. The van der Waals surface area contributed by atoms with Gasteiger partial charge in [-0.05, 0) is 36.2 Å². The van der Waals surface area contributed by atoms with Crippen LogP contribution in [-0.2, 0) is 20.8 Å². The summed E-state index contributed by atoms with van der Waals surface area (Å²) in [7, 11) is 1.45. The van der Waals surface area contributed by atoms with E-state index in [1.807, 2.05) is 0 Å². The van der Waals surface area contributed by atoms with Gasteiger partial charge in [0.2, 0.25) is 0 Å². The van der Waals surface area contributed by atoms with Crippen molar-refractivity contribution in [2.45, 2.75) is 33.6 Å². The number of ketones is 1. The molecule has 0 spiro atoms. The van der Waals surface area contributed by atoms with E-state index >= 15 is 0 Å². The maximum atomic E-state index is 12.7. The van der Waals surface area contributed by atoms with E-state index < -0.39 is 17.9 Å². The lowest BCUT2D eigenvalue weighted by Crippen LogP contribution is -2.10. The van der Waals surface area contributed by atoms with Crippen molar-refractivity contribution < 1.29 is 38.1 Å². The van der Waals surface area contributed by atoms with Gasteiger partial charge in [-0.25, -0.2) is 0 Å². The lowest BCUT2D eigenvalue weighted by Gasteiger charge is -2.12. The van der Waals surface area contributed by atoms with Gasteiger partial charge in [-0.3, -0.25) is 19.2 Å². The highest BCUT2D eigenvalue weighted by Crippen LogP contribution is 2.30. The molecule has 0 saturated heterocycles. The third kappa shape index (κ3) is 6.44. The van der Waals surface area contributed by atoms with Crippen molar-refractivity contribution in [2.75, 3.05) is 7.11 Å². The fourth-order valence-electron chi connectivity index (χ4n) is 2.70. The number of rotatable bonds is 8. The number of hydrogen-bond acceptors (Lipinski definition) is 8. The Bertz CT molecular complexity index is 977. The first-order valence-electron chi connectivity index (χ1n) is 9.09. The van der Waals surface area contributed by atoms with Crippen LogP contribution in [0.1, 0.15) is 43.1 Å². The van der Waals surface area contributed by atoms with Gasteiger partial charge in [0, 0.05) is 33.3 Å². The first-order chi connectivity index (χ1) is 14.2. The molecule has 0 heterocycles. The molecule has 0 aliphatic rings. The summed E-state index contributed by atoms with van der Waals surface area (Å²) < 4.78 is 20.4. The van der Waals surface area contributed by atoms with Crippen LogP contribution < -0.4 is 18.9 Å². The zero-order chi connectivity index (χ0) is 22.3. The van der Waals surface area contributed by atoms with Gasteiger partial charge in [0.05, 0.1) is 12.7 Å². The van der Waals surface area contributed by atoms with Gasteiger partial charge >= 0.3 is 17.9 Å². The highest BCUT2D eigenvalue weighted by Gasteiger charge is 2.17. The summed E-state index contributed by atoms with van der Waals surface area (Å²) in [5.41, 5.74) is 0.992. The number of benzene rings is 2. The van der Waals surface area contributed by atoms with E-state index in [4.69, 9.17) is 18.9 Å². The van der Waals surface area contributed by atoms with Crippen molar-refractivity contribution in [1.29, 1.82) is 0 Å². The number of ether oxygens (including phenoxy) is 4. The molecule has 8 heteroatoms. The van der Waals surface area contributed by atoms with Gasteiger partial charge in [0.25, 0.3) is 0 Å². The standard InChI is InChI=1S/C22H22O8/c1-13(23)28-17-7-8-18(21(12-17)30-15(3)25)19(26)9-5-16-6-10-20(29-14(2)24)22(11-16)27-4/h6-8,10-12H,5,9H2,1-4H3. The number of methoxy groups -OCH3 is 1. The van der Waals surface area contributed by atoms with E-state index in [0.717, 1.165) is 5.56 Å². The Kier molecular flexibility index (Phi) is 7.69. The second-order valence-corrected chi connectivity index (χ2v) is 6.35. The van der Waals surface area contributed by atoms with E-state index in [2.05, 4.69) is 0 Å². The Hall–Kier alpha value is -3.68. The molecule has 0 radical (unpaired) electrons. The third-order valence-electron chi connectivity index (χ3n) is 3.89. The lowest BCUT2D eigenvalue weighted by atomic mass is 10.0. The average molecular weight is 414 g/mol. The Morgan fingerprint density at radius 1 is 0.733 bits per heavy atom. The molecule has 0 atom stereocenters. The third-order valence-corrected chi connectivity index (χ3v) is 3.89. The van der Waals surface area contributed by atoms with Crippen LogP contribution in [0.4, 0.5) is 0 Å². The van der Waals surface area contributed by atoms with Gasteiger partial charge in [-0.1, -0.05) is 6.07 Å². The Labute approximate surface area is 173 Å². The maximum Gasteiger partial charge on any atom is 0.308 e. The number of aryl methyl sites for hydroxylation is 1. The van der Waals surface area contributed by atoms with Gasteiger partial charge in [-0.2, -0.15) is 0 Å². The van der Waals surface area contributed by atoms with Crippen LogP contribution in [-0.4, -0.2) is 30.8 Å². The van der Waals surface area contributed by atoms with Crippen LogP contribution >= 0.6 is 0 Å². The molecule has 30 heavy (non-hydrogen) atoms. The summed E-state index contributed by atoms with van der Waals surface area (Å²) in [5, 5.41) is 0. The second-order valence-electron chi connectivity index (χ2n) is 6.35.